The second-order valence-electron chi connectivity index (χ2n) is 6.34. The summed E-state index contributed by atoms with van der Waals surface area (Å²) >= 11 is 5.85. The van der Waals surface area contributed by atoms with Crippen molar-refractivity contribution in [2.75, 3.05) is 12.0 Å². The third-order valence-corrected chi connectivity index (χ3v) is 4.63. The number of carbonyl (C=O) groups excluding carboxylic acids is 1. The van der Waals surface area contributed by atoms with E-state index in [1.807, 2.05) is 0 Å². The Morgan fingerprint density at radius 3 is 2.41 bits per heavy atom. The molecule has 9 heteroatoms. The number of amides is 2. The number of rotatable bonds is 6. The third kappa shape index (κ3) is 4.72. The lowest BCUT2D eigenvalue weighted by Crippen LogP contribution is -2.38. The SMILES string of the molecule is CCN(Cc1nn(NC(=O)Cc2ccc(Cl)cc2)c(=O)c2ccccc12)C(=O)O. The van der Waals surface area contributed by atoms with Gasteiger partial charge in [0.1, 0.15) is 0 Å². The van der Waals surface area contributed by atoms with E-state index in [1.165, 1.54) is 4.90 Å². The van der Waals surface area contributed by atoms with Crippen molar-refractivity contribution in [1.82, 2.24) is 14.8 Å². The lowest BCUT2D eigenvalue weighted by atomic mass is 10.1. The van der Waals surface area contributed by atoms with Crippen molar-refractivity contribution < 1.29 is 14.7 Å². The molecule has 0 radical (unpaired) electrons. The van der Waals surface area contributed by atoms with Crippen LogP contribution in [0.1, 0.15) is 18.2 Å². The number of benzene rings is 2. The Balaban J connectivity index is 1.93. The quantitative estimate of drug-likeness (QED) is 0.645. The van der Waals surface area contributed by atoms with Crippen LogP contribution in [0.2, 0.25) is 5.02 Å². The minimum atomic E-state index is -1.09. The van der Waals surface area contributed by atoms with E-state index in [9.17, 15) is 19.5 Å². The fraction of sp³-hybridized carbons (Fsp3) is 0.200. The van der Waals surface area contributed by atoms with Gasteiger partial charge >= 0.3 is 6.09 Å². The summed E-state index contributed by atoms with van der Waals surface area (Å²) in [7, 11) is 0. The largest absolute Gasteiger partial charge is 0.465 e. The maximum Gasteiger partial charge on any atom is 0.407 e. The van der Waals surface area contributed by atoms with E-state index in [0.29, 0.717) is 21.5 Å². The molecule has 2 amide bonds. The summed E-state index contributed by atoms with van der Waals surface area (Å²) in [6, 6.07) is 13.5. The number of nitrogens with one attached hydrogen (secondary N) is 1. The van der Waals surface area contributed by atoms with Crippen LogP contribution < -0.4 is 11.0 Å². The van der Waals surface area contributed by atoms with Gasteiger partial charge in [-0.1, -0.05) is 41.9 Å². The zero-order chi connectivity index (χ0) is 21.0. The summed E-state index contributed by atoms with van der Waals surface area (Å²) in [6.45, 7) is 1.95. The average Bonchev–Trinajstić information content (AvgIpc) is 2.70. The second-order valence-corrected chi connectivity index (χ2v) is 6.78. The van der Waals surface area contributed by atoms with Gasteiger partial charge in [-0.15, -0.1) is 4.79 Å². The van der Waals surface area contributed by atoms with E-state index in [-0.39, 0.29) is 19.5 Å². The molecule has 0 spiro atoms. The molecule has 0 aliphatic carbocycles. The molecule has 0 fully saturated rings. The molecular formula is C20H19ClN4O4. The van der Waals surface area contributed by atoms with E-state index in [1.54, 1.807) is 55.5 Å². The molecule has 0 aliphatic rings. The minimum Gasteiger partial charge on any atom is -0.465 e. The first-order chi connectivity index (χ1) is 13.9. The second kappa shape index (κ2) is 8.74. The normalized spacial score (nSPS) is 10.7. The molecule has 0 bridgehead atoms. The summed E-state index contributed by atoms with van der Waals surface area (Å²) in [6.07, 6.45) is -1.06. The smallest absolute Gasteiger partial charge is 0.407 e. The van der Waals surface area contributed by atoms with Crippen LogP contribution >= 0.6 is 11.6 Å². The van der Waals surface area contributed by atoms with E-state index in [0.717, 1.165) is 10.4 Å². The Bertz CT molecular complexity index is 1110. The van der Waals surface area contributed by atoms with Crippen LogP contribution in [0.4, 0.5) is 4.79 Å². The van der Waals surface area contributed by atoms with Crippen molar-refractivity contribution in [2.45, 2.75) is 19.9 Å². The highest BCUT2D eigenvalue weighted by Gasteiger charge is 2.17. The number of hydrogen-bond donors (Lipinski definition) is 2. The molecule has 0 unspecified atom stereocenters. The first-order valence-electron chi connectivity index (χ1n) is 8.92. The fourth-order valence-electron chi connectivity index (χ4n) is 2.89. The third-order valence-electron chi connectivity index (χ3n) is 4.38. The Kier molecular flexibility index (Phi) is 6.13. The standard InChI is InChI=1S/C20H19ClN4O4/c1-2-24(20(28)29)12-17-15-5-3-4-6-16(15)19(27)25(22-17)23-18(26)11-13-7-9-14(21)10-8-13/h3-10H,2,11-12H2,1H3,(H,23,26)(H,28,29). The first-order valence-corrected chi connectivity index (χ1v) is 9.30. The van der Waals surface area contributed by atoms with Gasteiger partial charge in [-0.2, -0.15) is 5.10 Å². The van der Waals surface area contributed by atoms with Gasteiger partial charge in [-0.3, -0.25) is 9.59 Å². The summed E-state index contributed by atoms with van der Waals surface area (Å²) in [4.78, 5) is 38.6. The summed E-state index contributed by atoms with van der Waals surface area (Å²) in [5, 5.41) is 15.0. The van der Waals surface area contributed by atoms with Crippen molar-refractivity contribution in [3.8, 4) is 0 Å². The lowest BCUT2D eigenvalue weighted by molar-refractivity contribution is -0.116. The van der Waals surface area contributed by atoms with Gasteiger partial charge in [0, 0.05) is 17.0 Å². The number of aromatic nitrogens is 2. The lowest BCUT2D eigenvalue weighted by Gasteiger charge is -2.18. The highest BCUT2D eigenvalue weighted by atomic mass is 35.5. The van der Waals surface area contributed by atoms with Crippen LogP contribution in [0.5, 0.6) is 0 Å². The van der Waals surface area contributed by atoms with Crippen LogP contribution in [0.3, 0.4) is 0 Å². The van der Waals surface area contributed by atoms with Gasteiger partial charge in [-0.05, 0) is 30.7 Å². The molecule has 8 nitrogen and oxygen atoms in total. The Morgan fingerprint density at radius 1 is 1.14 bits per heavy atom. The molecule has 2 aromatic carbocycles. The predicted molar refractivity (Wildman–Crippen MR) is 110 cm³/mol. The molecule has 1 aromatic heterocycles. The molecule has 3 aromatic rings. The summed E-state index contributed by atoms with van der Waals surface area (Å²) < 4.78 is 0. The van der Waals surface area contributed by atoms with Gasteiger partial charge in [0.15, 0.2) is 0 Å². The molecule has 1 heterocycles. The highest BCUT2D eigenvalue weighted by molar-refractivity contribution is 6.30. The molecule has 29 heavy (non-hydrogen) atoms. The van der Waals surface area contributed by atoms with Crippen molar-refractivity contribution in [2.24, 2.45) is 0 Å². The average molecular weight is 415 g/mol. The molecule has 3 rings (SSSR count). The number of carbonyl (C=O) groups is 2. The van der Waals surface area contributed by atoms with Crippen LogP contribution in [-0.4, -0.2) is 38.4 Å². The highest BCUT2D eigenvalue weighted by Crippen LogP contribution is 2.15. The van der Waals surface area contributed by atoms with Gasteiger partial charge in [0.25, 0.3) is 5.56 Å². The molecule has 0 atom stereocenters. The zero-order valence-corrected chi connectivity index (χ0v) is 16.4. The van der Waals surface area contributed by atoms with Gasteiger partial charge in [-0.25, -0.2) is 10.2 Å². The maximum absolute atomic E-state index is 12.7. The van der Waals surface area contributed by atoms with Crippen molar-refractivity contribution in [1.29, 1.82) is 0 Å². The monoisotopic (exact) mass is 414 g/mol. The molecule has 150 valence electrons. The summed E-state index contributed by atoms with van der Waals surface area (Å²) in [5.41, 5.74) is 3.09. The molecule has 0 saturated heterocycles. The molecule has 2 N–H and O–H groups in total. The Morgan fingerprint density at radius 2 is 1.79 bits per heavy atom. The predicted octanol–water partition coefficient (Wildman–Crippen LogP) is 2.86. The molecular weight excluding hydrogens is 396 g/mol. The number of carboxylic acid groups (broad SMARTS) is 1. The van der Waals surface area contributed by atoms with Crippen LogP contribution in [0.15, 0.2) is 53.3 Å². The van der Waals surface area contributed by atoms with Gasteiger partial charge in [0.05, 0.1) is 24.0 Å². The number of hydrogen-bond acceptors (Lipinski definition) is 4. The van der Waals surface area contributed by atoms with Crippen molar-refractivity contribution in [3.05, 3.63) is 75.2 Å². The summed E-state index contributed by atoms with van der Waals surface area (Å²) in [5.74, 6) is -0.436. The van der Waals surface area contributed by atoms with E-state index in [4.69, 9.17) is 11.6 Å². The van der Waals surface area contributed by atoms with Crippen molar-refractivity contribution in [3.63, 3.8) is 0 Å². The van der Waals surface area contributed by atoms with E-state index >= 15 is 0 Å². The number of halogens is 1. The van der Waals surface area contributed by atoms with Gasteiger partial charge in [0.2, 0.25) is 5.91 Å². The Labute approximate surface area is 171 Å². The number of nitrogens with zero attached hydrogens (tertiary/aromatic N) is 3. The zero-order valence-electron chi connectivity index (χ0n) is 15.6. The minimum absolute atomic E-state index is 0.0142. The van der Waals surface area contributed by atoms with E-state index in [2.05, 4.69) is 10.5 Å². The molecule has 0 aliphatic heterocycles. The fourth-order valence-corrected chi connectivity index (χ4v) is 3.01. The van der Waals surface area contributed by atoms with E-state index < -0.39 is 17.6 Å². The van der Waals surface area contributed by atoms with Gasteiger partial charge < -0.3 is 10.0 Å². The van der Waals surface area contributed by atoms with Crippen LogP contribution in [-0.2, 0) is 17.8 Å². The van der Waals surface area contributed by atoms with Crippen LogP contribution in [0, 0.1) is 0 Å². The Hall–Kier alpha value is -3.39. The van der Waals surface area contributed by atoms with Crippen molar-refractivity contribution >= 4 is 34.4 Å². The first kappa shape index (κ1) is 20.3. The topological polar surface area (TPSA) is 105 Å². The molecule has 0 saturated carbocycles. The van der Waals surface area contributed by atoms with Crippen LogP contribution in [0.25, 0.3) is 10.8 Å². The maximum atomic E-state index is 12.7. The number of fused-ring (bicyclic) bond motifs is 1.